The Morgan fingerprint density at radius 3 is 2.23 bits per heavy atom. The molecule has 0 aromatic heterocycles. The van der Waals surface area contributed by atoms with Crippen molar-refractivity contribution in [1.29, 1.82) is 0 Å². The number of halogens is 1. The molecule has 142 valence electrons. The summed E-state index contributed by atoms with van der Waals surface area (Å²) in [5.41, 5.74) is 9.02. The van der Waals surface area contributed by atoms with Crippen LogP contribution in [0.5, 0.6) is 5.75 Å². The van der Waals surface area contributed by atoms with E-state index in [0.29, 0.717) is 22.2 Å². The van der Waals surface area contributed by atoms with Gasteiger partial charge < -0.3 is 13.5 Å². The molecule has 11 heteroatoms. The van der Waals surface area contributed by atoms with Crippen molar-refractivity contribution in [2.75, 3.05) is 0 Å². The van der Waals surface area contributed by atoms with Crippen LogP contribution in [-0.4, -0.2) is 26.7 Å². The second-order valence-electron chi connectivity index (χ2n) is 7.16. The van der Waals surface area contributed by atoms with Gasteiger partial charge in [0.2, 0.25) is 0 Å². The molecular weight excluding hydrogens is 364 g/mol. The van der Waals surface area contributed by atoms with Crippen LogP contribution in [0.4, 0.5) is 3.89 Å². The highest BCUT2D eigenvalue weighted by molar-refractivity contribution is 7.81. The van der Waals surface area contributed by atoms with Crippen molar-refractivity contribution in [3.05, 3.63) is 33.2 Å². The molecule has 0 atom stereocenters. The summed E-state index contributed by atoms with van der Waals surface area (Å²) < 4.78 is 51.8. The van der Waals surface area contributed by atoms with Crippen molar-refractivity contribution in [3.8, 4) is 5.75 Å². The Hall–Kier alpha value is -1.81. The SMILES string of the molecule is Cc1c(CN=[N+]=[N-])cc(B2OC(C)(C)C(C)(C)O2)c(C)c1OS(=O)(=O)F. The van der Waals surface area contributed by atoms with Crippen molar-refractivity contribution in [1.82, 2.24) is 0 Å². The maximum Gasteiger partial charge on any atom is 0.495 e. The molecule has 0 amide bonds. The number of rotatable bonds is 5. The van der Waals surface area contributed by atoms with E-state index in [0.717, 1.165) is 0 Å². The third kappa shape index (κ3) is 3.96. The molecule has 1 saturated heterocycles. The predicted octanol–water partition coefficient (Wildman–Crippen LogP) is 3.01. The van der Waals surface area contributed by atoms with Gasteiger partial charge in [-0.05, 0) is 69.2 Å². The Bertz CT molecular complexity index is 866. The van der Waals surface area contributed by atoms with Crippen molar-refractivity contribution in [3.63, 3.8) is 0 Å². The summed E-state index contributed by atoms with van der Waals surface area (Å²) >= 11 is 0. The van der Waals surface area contributed by atoms with Gasteiger partial charge >= 0.3 is 17.6 Å². The van der Waals surface area contributed by atoms with E-state index in [1.165, 1.54) is 0 Å². The maximum atomic E-state index is 13.2. The summed E-state index contributed by atoms with van der Waals surface area (Å²) in [6, 6.07) is 1.69. The standard InChI is InChI=1S/C15H21BFN3O5S/c1-9-11(8-19-20-18)7-12(10(2)13(9)23-26(17,21)22)16-24-14(3,4)15(5,6)25-16/h7H,8H2,1-6H3. The zero-order valence-corrected chi connectivity index (χ0v) is 16.3. The second kappa shape index (κ2) is 6.73. The van der Waals surface area contributed by atoms with Crippen LogP contribution in [-0.2, 0) is 26.4 Å². The first-order valence-electron chi connectivity index (χ1n) is 7.92. The smallest absolute Gasteiger partial charge is 0.399 e. The van der Waals surface area contributed by atoms with E-state index in [4.69, 9.17) is 14.8 Å². The van der Waals surface area contributed by atoms with E-state index in [-0.39, 0.29) is 12.3 Å². The average Bonchev–Trinajstić information content (AvgIpc) is 2.70. The fourth-order valence-electron chi connectivity index (χ4n) is 2.67. The van der Waals surface area contributed by atoms with Gasteiger partial charge in [-0.1, -0.05) is 15.1 Å². The molecule has 0 unspecified atom stereocenters. The zero-order chi connectivity index (χ0) is 19.9. The van der Waals surface area contributed by atoms with E-state index in [1.54, 1.807) is 19.9 Å². The van der Waals surface area contributed by atoms with Crippen LogP contribution in [0.2, 0.25) is 0 Å². The van der Waals surface area contributed by atoms with Crippen molar-refractivity contribution in [2.45, 2.75) is 59.3 Å². The van der Waals surface area contributed by atoms with Crippen LogP contribution < -0.4 is 9.65 Å². The molecule has 0 saturated carbocycles. The van der Waals surface area contributed by atoms with Gasteiger partial charge in [0.25, 0.3) is 0 Å². The number of nitrogens with zero attached hydrogens (tertiary/aromatic N) is 3. The molecule has 0 bridgehead atoms. The molecular formula is C15H21BFN3O5S. The quantitative estimate of drug-likeness (QED) is 0.254. The van der Waals surface area contributed by atoms with Crippen LogP contribution in [0, 0.1) is 13.8 Å². The Labute approximate surface area is 152 Å². The summed E-state index contributed by atoms with van der Waals surface area (Å²) in [6.07, 6.45) is 0. The summed E-state index contributed by atoms with van der Waals surface area (Å²) in [5, 5.41) is 3.50. The number of azide groups is 1. The largest absolute Gasteiger partial charge is 0.495 e. The Morgan fingerprint density at radius 1 is 1.23 bits per heavy atom. The highest BCUT2D eigenvalue weighted by Gasteiger charge is 2.52. The Morgan fingerprint density at radius 2 is 1.77 bits per heavy atom. The molecule has 0 radical (unpaired) electrons. The van der Waals surface area contributed by atoms with E-state index in [2.05, 4.69) is 14.2 Å². The van der Waals surface area contributed by atoms with Gasteiger partial charge in [-0.25, -0.2) is 0 Å². The lowest BCUT2D eigenvalue weighted by Crippen LogP contribution is -2.41. The maximum absolute atomic E-state index is 13.2. The molecule has 1 heterocycles. The number of benzene rings is 1. The van der Waals surface area contributed by atoms with Gasteiger partial charge in [-0.2, -0.15) is 8.42 Å². The van der Waals surface area contributed by atoms with Gasteiger partial charge in [0, 0.05) is 4.91 Å². The molecule has 0 spiro atoms. The van der Waals surface area contributed by atoms with Crippen LogP contribution in [0.1, 0.15) is 44.4 Å². The molecule has 1 aromatic carbocycles. The lowest BCUT2D eigenvalue weighted by molar-refractivity contribution is 0.00578. The molecule has 1 aliphatic rings. The summed E-state index contributed by atoms with van der Waals surface area (Å²) in [7, 11) is -6.04. The molecule has 1 aromatic rings. The first kappa shape index (κ1) is 20.5. The van der Waals surface area contributed by atoms with Crippen LogP contribution in [0.3, 0.4) is 0 Å². The number of hydrogen-bond donors (Lipinski definition) is 0. The van der Waals surface area contributed by atoms with E-state index in [9.17, 15) is 12.3 Å². The Kier molecular flexibility index (Phi) is 5.31. The molecule has 0 N–H and O–H groups in total. The van der Waals surface area contributed by atoms with E-state index in [1.807, 2.05) is 27.7 Å². The third-order valence-electron chi connectivity index (χ3n) is 4.92. The third-order valence-corrected chi connectivity index (χ3v) is 5.29. The zero-order valence-electron chi connectivity index (χ0n) is 15.5. The number of hydrogen-bond acceptors (Lipinski definition) is 6. The lowest BCUT2D eigenvalue weighted by Gasteiger charge is -2.32. The molecule has 8 nitrogen and oxygen atoms in total. The summed E-state index contributed by atoms with van der Waals surface area (Å²) in [4.78, 5) is 2.70. The highest BCUT2D eigenvalue weighted by Crippen LogP contribution is 2.38. The van der Waals surface area contributed by atoms with Gasteiger partial charge in [0.15, 0.2) is 5.75 Å². The second-order valence-corrected chi connectivity index (χ2v) is 8.11. The first-order valence-corrected chi connectivity index (χ1v) is 9.23. The van der Waals surface area contributed by atoms with Crippen molar-refractivity contribution >= 4 is 23.1 Å². The van der Waals surface area contributed by atoms with Gasteiger partial charge in [0.05, 0.1) is 17.7 Å². The van der Waals surface area contributed by atoms with Crippen molar-refractivity contribution < 1.29 is 25.8 Å². The monoisotopic (exact) mass is 385 g/mol. The fourth-order valence-corrected chi connectivity index (χ4v) is 3.12. The molecule has 2 rings (SSSR count). The molecule has 0 aliphatic carbocycles. The normalized spacial score (nSPS) is 18.5. The Balaban J connectivity index is 2.62. The lowest BCUT2D eigenvalue weighted by atomic mass is 9.74. The summed E-state index contributed by atoms with van der Waals surface area (Å²) in [6.45, 7) is 10.6. The molecule has 26 heavy (non-hydrogen) atoms. The van der Waals surface area contributed by atoms with Gasteiger partial charge in [-0.3, -0.25) is 0 Å². The van der Waals surface area contributed by atoms with Crippen LogP contribution in [0.15, 0.2) is 11.2 Å². The van der Waals surface area contributed by atoms with Gasteiger partial charge in [-0.15, -0.1) is 0 Å². The van der Waals surface area contributed by atoms with E-state index < -0.39 is 28.8 Å². The van der Waals surface area contributed by atoms with E-state index >= 15 is 0 Å². The predicted molar refractivity (Wildman–Crippen MR) is 95.1 cm³/mol. The minimum absolute atomic E-state index is 0.0577. The first-order chi connectivity index (χ1) is 11.8. The minimum Gasteiger partial charge on any atom is -0.399 e. The van der Waals surface area contributed by atoms with Crippen molar-refractivity contribution in [2.24, 2.45) is 5.11 Å². The van der Waals surface area contributed by atoms with Crippen LogP contribution >= 0.6 is 0 Å². The fraction of sp³-hybridized carbons (Fsp3) is 0.600. The highest BCUT2D eigenvalue weighted by atomic mass is 32.3. The molecule has 1 fully saturated rings. The van der Waals surface area contributed by atoms with Crippen LogP contribution in [0.25, 0.3) is 10.4 Å². The average molecular weight is 385 g/mol. The molecule has 1 aliphatic heterocycles. The minimum atomic E-state index is -5.23. The summed E-state index contributed by atoms with van der Waals surface area (Å²) in [5.74, 6) is -0.164. The topological polar surface area (TPSA) is 111 Å². The van der Waals surface area contributed by atoms with Gasteiger partial charge in [0.1, 0.15) is 0 Å².